The van der Waals surface area contributed by atoms with Gasteiger partial charge in [0.15, 0.2) is 0 Å². The molecule has 1 aromatic heterocycles. The number of imidazole rings is 1. The second-order valence-corrected chi connectivity index (χ2v) is 16.2. The molecule has 0 unspecified atom stereocenters. The van der Waals surface area contributed by atoms with Gasteiger partial charge in [-0.2, -0.15) is 0 Å². The van der Waals surface area contributed by atoms with Gasteiger partial charge in [-0.15, -0.1) is 0 Å². The van der Waals surface area contributed by atoms with E-state index in [2.05, 4.69) is 223 Å². The average Bonchev–Trinajstić information content (AvgIpc) is 3.72. The highest BCUT2D eigenvalue weighted by Crippen LogP contribution is 2.47. The largest absolute Gasteiger partial charge is 0.292 e. The van der Waals surface area contributed by atoms with E-state index in [-0.39, 0.29) is 0 Å². The molecule has 0 aliphatic rings. The van der Waals surface area contributed by atoms with Crippen LogP contribution >= 0.6 is 0 Å². The standard InChI is InChI=1S/C59H36N2/c1-2-15-39(16-3-1)59-60-53-27-12-13-28-54(53)61(59)42-33-31-38(32-34-42)55-48-22-8-10-24-50(48)56(51-25-11-9-23-49(51)55)41-35-40-30-29-37-17-14-26-47-45-20-6-4-18-43(45)44-19-5-7-21-46(44)52(36-41)58(40)57(37)47/h1-36H. The zero-order valence-electron chi connectivity index (χ0n) is 33.2. The van der Waals surface area contributed by atoms with E-state index >= 15 is 0 Å². The molecular formula is C59H36N2. The number of hydrogen-bond donors (Lipinski definition) is 0. The zero-order chi connectivity index (χ0) is 40.0. The van der Waals surface area contributed by atoms with Crippen LogP contribution in [0.25, 0.3) is 126 Å². The van der Waals surface area contributed by atoms with Crippen LogP contribution in [0.1, 0.15) is 0 Å². The Morgan fingerprint density at radius 2 is 0.787 bits per heavy atom. The van der Waals surface area contributed by atoms with Gasteiger partial charge in [0.05, 0.1) is 11.0 Å². The van der Waals surface area contributed by atoms with Gasteiger partial charge in [-0.3, -0.25) is 4.57 Å². The molecule has 13 rings (SSSR count). The highest BCUT2D eigenvalue weighted by atomic mass is 15.1. The summed E-state index contributed by atoms with van der Waals surface area (Å²) in [5, 5.41) is 17.7. The second-order valence-electron chi connectivity index (χ2n) is 16.2. The van der Waals surface area contributed by atoms with Crippen molar-refractivity contribution in [1.29, 1.82) is 0 Å². The molecule has 0 bridgehead atoms. The average molecular weight is 773 g/mol. The van der Waals surface area contributed by atoms with Crippen LogP contribution in [0.4, 0.5) is 0 Å². The molecule has 13 aromatic rings. The predicted molar refractivity (Wildman–Crippen MR) is 260 cm³/mol. The lowest BCUT2D eigenvalue weighted by Crippen LogP contribution is -1.98. The van der Waals surface area contributed by atoms with E-state index in [9.17, 15) is 0 Å². The Bertz CT molecular complexity index is 3860. The molecule has 0 saturated heterocycles. The van der Waals surface area contributed by atoms with E-state index in [1.165, 1.54) is 97.7 Å². The molecule has 0 spiro atoms. The lowest BCUT2D eigenvalue weighted by atomic mass is 9.84. The lowest BCUT2D eigenvalue weighted by molar-refractivity contribution is 1.10. The van der Waals surface area contributed by atoms with E-state index in [4.69, 9.17) is 4.98 Å². The predicted octanol–water partition coefficient (Wildman–Crippen LogP) is 16.1. The summed E-state index contributed by atoms with van der Waals surface area (Å²) in [7, 11) is 0. The maximum Gasteiger partial charge on any atom is 0.145 e. The van der Waals surface area contributed by atoms with Crippen LogP contribution in [-0.4, -0.2) is 9.55 Å². The van der Waals surface area contributed by atoms with Gasteiger partial charge >= 0.3 is 0 Å². The minimum absolute atomic E-state index is 0.937. The van der Waals surface area contributed by atoms with Crippen LogP contribution in [0.3, 0.4) is 0 Å². The van der Waals surface area contributed by atoms with E-state index in [1.54, 1.807) is 0 Å². The first-order valence-corrected chi connectivity index (χ1v) is 21.0. The van der Waals surface area contributed by atoms with Crippen molar-refractivity contribution in [3.63, 3.8) is 0 Å². The summed E-state index contributed by atoms with van der Waals surface area (Å²) in [6.07, 6.45) is 0. The molecule has 0 aliphatic heterocycles. The van der Waals surface area contributed by atoms with Gasteiger partial charge in [0, 0.05) is 11.3 Å². The van der Waals surface area contributed by atoms with Gasteiger partial charge in [-0.05, 0) is 134 Å². The van der Waals surface area contributed by atoms with Gasteiger partial charge in [0.25, 0.3) is 0 Å². The van der Waals surface area contributed by atoms with Crippen LogP contribution in [-0.2, 0) is 0 Å². The second kappa shape index (κ2) is 13.2. The lowest BCUT2D eigenvalue weighted by Gasteiger charge is -2.20. The molecule has 2 nitrogen and oxygen atoms in total. The summed E-state index contributed by atoms with van der Waals surface area (Å²) in [5.41, 5.74) is 9.14. The molecule has 0 fully saturated rings. The highest BCUT2D eigenvalue weighted by Gasteiger charge is 2.20. The smallest absolute Gasteiger partial charge is 0.145 e. The van der Waals surface area contributed by atoms with Crippen molar-refractivity contribution in [2.24, 2.45) is 0 Å². The number of para-hydroxylation sites is 2. The number of hydrogen-bond acceptors (Lipinski definition) is 1. The van der Waals surface area contributed by atoms with Crippen molar-refractivity contribution in [3.8, 4) is 39.3 Å². The third-order valence-corrected chi connectivity index (χ3v) is 12.9. The van der Waals surface area contributed by atoms with Gasteiger partial charge < -0.3 is 0 Å². The maximum atomic E-state index is 5.10. The Labute approximate surface area is 352 Å². The van der Waals surface area contributed by atoms with Crippen molar-refractivity contribution in [2.45, 2.75) is 0 Å². The molecule has 0 radical (unpaired) electrons. The molecular weight excluding hydrogens is 737 g/mol. The molecule has 0 aliphatic carbocycles. The third kappa shape index (κ3) is 5.06. The Morgan fingerprint density at radius 1 is 0.295 bits per heavy atom. The number of aromatic nitrogens is 2. The topological polar surface area (TPSA) is 17.8 Å². The zero-order valence-corrected chi connectivity index (χ0v) is 33.2. The van der Waals surface area contributed by atoms with Crippen LogP contribution in [0.2, 0.25) is 0 Å². The first kappa shape index (κ1) is 33.9. The summed E-state index contributed by atoms with van der Waals surface area (Å²) < 4.78 is 2.28. The molecule has 61 heavy (non-hydrogen) atoms. The molecule has 0 saturated carbocycles. The third-order valence-electron chi connectivity index (χ3n) is 12.9. The Hall–Kier alpha value is -8.07. The van der Waals surface area contributed by atoms with Gasteiger partial charge in [0.1, 0.15) is 5.82 Å². The Balaban J connectivity index is 1.08. The minimum Gasteiger partial charge on any atom is -0.292 e. The van der Waals surface area contributed by atoms with Crippen LogP contribution < -0.4 is 0 Å². The normalized spacial score (nSPS) is 11.9. The summed E-state index contributed by atoms with van der Waals surface area (Å²) in [5.74, 6) is 0.937. The SMILES string of the molecule is c1ccc(-c2nc3ccccc3n2-c2ccc(-c3c4ccccc4c(-c4cc5ccc6cccc7c8ccccc8c8ccccc8c(c4)c5c67)c4ccccc34)cc2)cc1. The van der Waals surface area contributed by atoms with Gasteiger partial charge in [-0.25, -0.2) is 4.98 Å². The van der Waals surface area contributed by atoms with Crippen molar-refractivity contribution in [2.75, 3.05) is 0 Å². The number of nitrogens with zero attached hydrogens (tertiary/aromatic N) is 2. The number of rotatable bonds is 4. The quantitative estimate of drug-likeness (QED) is 0.129. The summed E-state index contributed by atoms with van der Waals surface area (Å²) >= 11 is 0. The van der Waals surface area contributed by atoms with E-state index in [1.807, 2.05) is 0 Å². The molecule has 0 N–H and O–H groups in total. The first-order chi connectivity index (χ1) is 30.3. The number of benzene rings is 11. The molecule has 282 valence electrons. The maximum absolute atomic E-state index is 5.10. The molecule has 0 amide bonds. The summed E-state index contributed by atoms with van der Waals surface area (Å²) in [6.45, 7) is 0. The Morgan fingerprint density at radius 3 is 1.44 bits per heavy atom. The monoisotopic (exact) mass is 772 g/mol. The number of fused-ring (bicyclic) bond motifs is 8. The van der Waals surface area contributed by atoms with E-state index in [0.29, 0.717) is 0 Å². The van der Waals surface area contributed by atoms with E-state index < -0.39 is 0 Å². The van der Waals surface area contributed by atoms with E-state index in [0.717, 1.165) is 28.1 Å². The fourth-order valence-electron chi connectivity index (χ4n) is 10.3. The van der Waals surface area contributed by atoms with Crippen molar-refractivity contribution in [3.05, 3.63) is 218 Å². The van der Waals surface area contributed by atoms with Crippen LogP contribution in [0.15, 0.2) is 218 Å². The molecule has 1 heterocycles. The van der Waals surface area contributed by atoms with Crippen LogP contribution in [0.5, 0.6) is 0 Å². The molecule has 2 heteroatoms. The highest BCUT2D eigenvalue weighted by molar-refractivity contribution is 6.34. The van der Waals surface area contributed by atoms with Crippen molar-refractivity contribution in [1.82, 2.24) is 9.55 Å². The molecule has 0 atom stereocenters. The van der Waals surface area contributed by atoms with Crippen molar-refractivity contribution < 1.29 is 0 Å². The summed E-state index contributed by atoms with van der Waals surface area (Å²) in [4.78, 5) is 5.10. The fourth-order valence-corrected chi connectivity index (χ4v) is 10.3. The van der Waals surface area contributed by atoms with Gasteiger partial charge in [0.2, 0.25) is 0 Å². The first-order valence-electron chi connectivity index (χ1n) is 21.0. The molecule has 12 aromatic carbocycles. The summed E-state index contributed by atoms with van der Waals surface area (Å²) in [6, 6.07) is 80.2. The fraction of sp³-hybridized carbons (Fsp3) is 0. The van der Waals surface area contributed by atoms with Crippen molar-refractivity contribution >= 4 is 86.4 Å². The van der Waals surface area contributed by atoms with Crippen LogP contribution in [0, 0.1) is 0 Å². The van der Waals surface area contributed by atoms with Gasteiger partial charge in [-0.1, -0.05) is 182 Å². The Kier molecular flexibility index (Phi) is 7.34. The minimum atomic E-state index is 0.937.